The van der Waals surface area contributed by atoms with Crippen LogP contribution in [0.2, 0.25) is 0 Å². The predicted molar refractivity (Wildman–Crippen MR) is 37.4 cm³/mol. The van der Waals surface area contributed by atoms with E-state index in [1.807, 2.05) is 0 Å². The Morgan fingerprint density at radius 1 is 1.83 bits per heavy atom. The number of hydroxylamine groups is 1. The molecule has 1 heterocycles. The fraction of sp³-hybridized carbons (Fsp3) is 0.667. The Hall–Kier alpha value is -1.14. The van der Waals surface area contributed by atoms with Crippen LogP contribution in [0.15, 0.2) is 0 Å². The molecular weight excluding hydrogens is 164 g/mol. The molecule has 6 nitrogen and oxygen atoms in total. The van der Waals surface area contributed by atoms with Crippen LogP contribution in [0.4, 0.5) is 0 Å². The molecule has 6 heteroatoms. The van der Waals surface area contributed by atoms with Crippen molar-refractivity contribution in [3.8, 4) is 0 Å². The number of aliphatic carboxylic acids is 1. The molecule has 1 saturated heterocycles. The molecule has 0 amide bonds. The zero-order valence-electron chi connectivity index (χ0n) is 6.98. The number of hydrogen-bond donors (Lipinski definition) is 1. The van der Waals surface area contributed by atoms with Crippen molar-refractivity contribution >= 4 is 11.9 Å². The minimum atomic E-state index is -0.956. The van der Waals surface area contributed by atoms with Crippen LogP contribution in [0.1, 0.15) is 0 Å². The Morgan fingerprint density at radius 3 is 2.75 bits per heavy atom. The standard InChI is InChI=1S/C6H10N2O4/c1-7-8(2,3-5(9)10)4-6(11)12-7/h3-4H2,1-2H3/p+1. The minimum absolute atomic E-state index is 0.0336. The van der Waals surface area contributed by atoms with E-state index in [-0.39, 0.29) is 17.7 Å². The molecule has 0 radical (unpaired) electrons. The van der Waals surface area contributed by atoms with Gasteiger partial charge in [-0.15, -0.1) is 0 Å². The van der Waals surface area contributed by atoms with Crippen molar-refractivity contribution in [1.29, 1.82) is 0 Å². The van der Waals surface area contributed by atoms with Crippen molar-refractivity contribution < 1.29 is 24.1 Å². The van der Waals surface area contributed by atoms with Gasteiger partial charge in [-0.3, -0.25) is 0 Å². The average Bonchev–Trinajstić information content (AvgIpc) is 2.04. The SMILES string of the molecule is CN1OC(=O)C[N+]1(C)CC(=O)O. The van der Waals surface area contributed by atoms with Gasteiger partial charge in [-0.2, -0.15) is 4.59 Å². The predicted octanol–water partition coefficient (Wildman–Crippen LogP) is -1.16. The van der Waals surface area contributed by atoms with Crippen LogP contribution < -0.4 is 0 Å². The normalized spacial score (nSPS) is 30.3. The van der Waals surface area contributed by atoms with Crippen LogP contribution in [0.25, 0.3) is 0 Å². The number of nitrogens with zero attached hydrogens (tertiary/aromatic N) is 2. The number of likely N-dealkylation sites (N-methyl/N-ethyl adjacent to an activating group) is 1. The first-order valence-corrected chi connectivity index (χ1v) is 3.45. The molecule has 1 unspecified atom stereocenters. The first-order valence-electron chi connectivity index (χ1n) is 3.45. The third kappa shape index (κ3) is 1.54. The topological polar surface area (TPSA) is 66.8 Å². The summed E-state index contributed by atoms with van der Waals surface area (Å²) in [6.07, 6.45) is 0. The van der Waals surface area contributed by atoms with Gasteiger partial charge in [0.2, 0.25) is 0 Å². The highest BCUT2D eigenvalue weighted by Crippen LogP contribution is 2.14. The lowest BCUT2D eigenvalue weighted by Gasteiger charge is -2.27. The second-order valence-corrected chi connectivity index (χ2v) is 2.98. The molecular formula is C6H11N2O4+. The summed E-state index contributed by atoms with van der Waals surface area (Å²) in [5, 5.41) is 9.78. The van der Waals surface area contributed by atoms with Crippen LogP contribution in [-0.4, -0.2) is 54.0 Å². The molecule has 1 rings (SSSR count). The van der Waals surface area contributed by atoms with Crippen LogP contribution in [-0.2, 0) is 14.4 Å². The van der Waals surface area contributed by atoms with Gasteiger partial charge >= 0.3 is 11.9 Å². The summed E-state index contributed by atoms with van der Waals surface area (Å²) in [6.45, 7) is -0.0783. The quantitative estimate of drug-likeness (QED) is 0.536. The van der Waals surface area contributed by atoms with Gasteiger partial charge in [-0.1, -0.05) is 0 Å². The highest BCUT2D eigenvalue weighted by atomic mass is 16.8. The molecule has 68 valence electrons. The molecule has 0 saturated carbocycles. The van der Waals surface area contributed by atoms with Gasteiger partial charge in [0.25, 0.3) is 0 Å². The summed E-state index contributed by atoms with van der Waals surface area (Å²) in [5.74, 6) is -1.36. The number of quaternary nitrogens is 1. The molecule has 1 atom stereocenters. The first-order chi connectivity index (χ1) is 5.44. The second-order valence-electron chi connectivity index (χ2n) is 2.98. The summed E-state index contributed by atoms with van der Waals surface area (Å²) < 4.78 is -0.0336. The first kappa shape index (κ1) is 8.95. The van der Waals surface area contributed by atoms with Crippen molar-refractivity contribution in [2.45, 2.75) is 0 Å². The largest absolute Gasteiger partial charge is 0.477 e. The van der Waals surface area contributed by atoms with Crippen molar-refractivity contribution in [1.82, 2.24) is 5.17 Å². The zero-order chi connectivity index (χ0) is 9.35. The van der Waals surface area contributed by atoms with E-state index in [1.54, 1.807) is 7.05 Å². The molecule has 1 aliphatic heterocycles. The van der Waals surface area contributed by atoms with Crippen LogP contribution in [0, 0.1) is 0 Å². The summed E-state index contributed by atoms with van der Waals surface area (Å²) in [7, 11) is 3.16. The molecule has 0 bridgehead atoms. The summed E-state index contributed by atoms with van der Waals surface area (Å²) in [5.41, 5.74) is 0. The minimum Gasteiger partial charge on any atom is -0.477 e. The van der Waals surface area contributed by atoms with Gasteiger partial charge in [-0.05, 0) is 0 Å². The van der Waals surface area contributed by atoms with Gasteiger partial charge in [0, 0.05) is 5.17 Å². The fourth-order valence-corrected chi connectivity index (χ4v) is 1.10. The van der Waals surface area contributed by atoms with E-state index in [1.165, 1.54) is 12.2 Å². The monoisotopic (exact) mass is 175 g/mol. The highest BCUT2D eigenvalue weighted by molar-refractivity contribution is 5.72. The smallest absolute Gasteiger partial charge is 0.386 e. The lowest BCUT2D eigenvalue weighted by Crippen LogP contribution is -2.53. The van der Waals surface area contributed by atoms with Crippen LogP contribution in [0.5, 0.6) is 0 Å². The van der Waals surface area contributed by atoms with Crippen molar-refractivity contribution in [2.24, 2.45) is 0 Å². The van der Waals surface area contributed by atoms with Crippen molar-refractivity contribution in [2.75, 3.05) is 27.2 Å². The maximum absolute atomic E-state index is 10.8. The third-order valence-electron chi connectivity index (χ3n) is 1.86. The lowest BCUT2D eigenvalue weighted by molar-refractivity contribution is -1.02. The molecule has 0 aromatic rings. The molecule has 1 aliphatic rings. The number of carbonyl (C=O) groups is 2. The highest BCUT2D eigenvalue weighted by Gasteiger charge is 2.43. The second kappa shape index (κ2) is 2.72. The maximum atomic E-state index is 10.8. The van der Waals surface area contributed by atoms with E-state index in [4.69, 9.17) is 5.11 Å². The summed E-state index contributed by atoms with van der Waals surface area (Å²) in [4.78, 5) is 25.9. The van der Waals surface area contributed by atoms with E-state index >= 15 is 0 Å². The Morgan fingerprint density at radius 2 is 2.42 bits per heavy atom. The Labute approximate surface area is 69.4 Å². The number of carboxylic acids is 1. The maximum Gasteiger partial charge on any atom is 0.386 e. The van der Waals surface area contributed by atoms with Gasteiger partial charge in [0.1, 0.15) is 0 Å². The fourth-order valence-electron chi connectivity index (χ4n) is 1.10. The molecule has 0 spiro atoms. The zero-order valence-corrected chi connectivity index (χ0v) is 6.98. The number of hydrogen-bond acceptors (Lipinski definition) is 4. The summed E-state index contributed by atoms with van der Waals surface area (Å²) in [6, 6.07) is 0. The molecule has 12 heavy (non-hydrogen) atoms. The third-order valence-corrected chi connectivity index (χ3v) is 1.86. The van der Waals surface area contributed by atoms with E-state index in [0.717, 1.165) is 0 Å². The number of carboxylic acid groups (broad SMARTS) is 1. The lowest BCUT2D eigenvalue weighted by atomic mass is 10.5. The van der Waals surface area contributed by atoms with Crippen molar-refractivity contribution in [3.05, 3.63) is 0 Å². The average molecular weight is 175 g/mol. The van der Waals surface area contributed by atoms with E-state index in [0.29, 0.717) is 0 Å². The van der Waals surface area contributed by atoms with Crippen LogP contribution >= 0.6 is 0 Å². The van der Waals surface area contributed by atoms with Gasteiger partial charge in [0.15, 0.2) is 13.1 Å². The van der Waals surface area contributed by atoms with E-state index in [9.17, 15) is 9.59 Å². The Balaban J connectivity index is 2.70. The van der Waals surface area contributed by atoms with Crippen LogP contribution in [0.3, 0.4) is 0 Å². The van der Waals surface area contributed by atoms with E-state index < -0.39 is 11.9 Å². The Kier molecular flexibility index (Phi) is 2.03. The van der Waals surface area contributed by atoms with Gasteiger partial charge in [0.05, 0.1) is 14.1 Å². The van der Waals surface area contributed by atoms with E-state index in [2.05, 4.69) is 4.84 Å². The molecule has 1 N–H and O–H groups in total. The molecule has 0 aromatic heterocycles. The van der Waals surface area contributed by atoms with Gasteiger partial charge in [-0.25, -0.2) is 9.59 Å². The molecule has 0 aliphatic carbocycles. The molecule has 1 fully saturated rings. The number of rotatable bonds is 2. The van der Waals surface area contributed by atoms with Gasteiger partial charge < -0.3 is 9.94 Å². The Bertz CT molecular complexity index is 230. The number of carbonyl (C=O) groups excluding carboxylic acids is 1. The summed E-state index contributed by atoms with van der Waals surface area (Å²) >= 11 is 0. The molecule has 0 aromatic carbocycles. The van der Waals surface area contributed by atoms with Crippen molar-refractivity contribution in [3.63, 3.8) is 0 Å².